The Morgan fingerprint density at radius 2 is 1.77 bits per heavy atom. The van der Waals surface area contributed by atoms with E-state index in [1.807, 2.05) is 32.0 Å². The van der Waals surface area contributed by atoms with Crippen molar-refractivity contribution in [3.63, 3.8) is 0 Å². The number of aromatic nitrogens is 1. The van der Waals surface area contributed by atoms with Gasteiger partial charge in [-0.05, 0) is 56.5 Å². The highest BCUT2D eigenvalue weighted by atomic mass is 32.1. The van der Waals surface area contributed by atoms with Gasteiger partial charge >= 0.3 is 0 Å². The van der Waals surface area contributed by atoms with Crippen LogP contribution < -0.4 is 10.2 Å². The molecule has 0 saturated carbocycles. The molecule has 5 nitrogen and oxygen atoms in total. The van der Waals surface area contributed by atoms with Gasteiger partial charge in [0.2, 0.25) is 0 Å². The Labute approximate surface area is 182 Å². The van der Waals surface area contributed by atoms with Crippen molar-refractivity contribution in [2.75, 3.05) is 44.2 Å². The van der Waals surface area contributed by atoms with Gasteiger partial charge in [0, 0.05) is 44.8 Å². The van der Waals surface area contributed by atoms with E-state index < -0.39 is 0 Å². The van der Waals surface area contributed by atoms with Gasteiger partial charge in [-0.25, -0.2) is 4.98 Å². The van der Waals surface area contributed by atoms with Crippen LogP contribution in [0.1, 0.15) is 32.6 Å². The fraction of sp³-hybridized carbons (Fsp3) is 0.417. The van der Waals surface area contributed by atoms with Crippen molar-refractivity contribution in [3.05, 3.63) is 58.1 Å². The van der Waals surface area contributed by atoms with Crippen molar-refractivity contribution in [2.24, 2.45) is 0 Å². The van der Waals surface area contributed by atoms with Crippen LogP contribution in [0.4, 0.5) is 5.13 Å². The van der Waals surface area contributed by atoms with Crippen LogP contribution >= 0.6 is 11.3 Å². The number of piperazine rings is 1. The van der Waals surface area contributed by atoms with Crippen molar-refractivity contribution in [2.45, 2.75) is 27.7 Å². The molecule has 1 saturated heterocycles. The van der Waals surface area contributed by atoms with Crippen molar-refractivity contribution in [1.82, 2.24) is 15.2 Å². The van der Waals surface area contributed by atoms with Crippen LogP contribution in [0.3, 0.4) is 0 Å². The number of nitrogens with zero attached hydrogens (tertiary/aromatic N) is 3. The molecule has 1 N–H and O–H groups in total. The second-order valence-electron chi connectivity index (χ2n) is 8.33. The second kappa shape index (κ2) is 8.74. The van der Waals surface area contributed by atoms with E-state index in [2.05, 4.69) is 41.1 Å². The summed E-state index contributed by atoms with van der Waals surface area (Å²) in [6.45, 7) is 13.8. The van der Waals surface area contributed by atoms with Gasteiger partial charge in [-0.3, -0.25) is 9.69 Å². The lowest BCUT2D eigenvalue weighted by molar-refractivity contribution is 0.0947. The van der Waals surface area contributed by atoms with Crippen molar-refractivity contribution < 1.29 is 4.79 Å². The van der Waals surface area contributed by atoms with Crippen LogP contribution in [0.2, 0.25) is 0 Å². The average molecular weight is 423 g/mol. The van der Waals surface area contributed by atoms with Gasteiger partial charge in [0.1, 0.15) is 0 Å². The minimum Gasteiger partial charge on any atom is -0.351 e. The van der Waals surface area contributed by atoms with Crippen molar-refractivity contribution in [1.29, 1.82) is 0 Å². The van der Waals surface area contributed by atoms with Crippen LogP contribution in [0, 0.1) is 27.7 Å². The molecule has 0 atom stereocenters. The van der Waals surface area contributed by atoms with E-state index in [1.165, 1.54) is 15.8 Å². The van der Waals surface area contributed by atoms with Gasteiger partial charge in [-0.1, -0.05) is 35.1 Å². The van der Waals surface area contributed by atoms with Crippen LogP contribution in [0.15, 0.2) is 30.3 Å². The van der Waals surface area contributed by atoms with E-state index in [0.29, 0.717) is 6.54 Å². The highest BCUT2D eigenvalue weighted by molar-refractivity contribution is 7.22. The van der Waals surface area contributed by atoms with Crippen LogP contribution in [0.25, 0.3) is 10.2 Å². The highest BCUT2D eigenvalue weighted by Gasteiger charge is 2.20. The molecule has 6 heteroatoms. The molecule has 1 aromatic heterocycles. The predicted molar refractivity (Wildman–Crippen MR) is 126 cm³/mol. The van der Waals surface area contributed by atoms with Crippen LogP contribution in [-0.2, 0) is 0 Å². The van der Waals surface area contributed by atoms with E-state index in [4.69, 9.17) is 4.98 Å². The number of benzene rings is 2. The maximum absolute atomic E-state index is 12.5. The molecular weight excluding hydrogens is 392 g/mol. The average Bonchev–Trinajstić information content (AvgIpc) is 3.14. The monoisotopic (exact) mass is 422 g/mol. The van der Waals surface area contributed by atoms with Crippen molar-refractivity contribution >= 4 is 32.6 Å². The summed E-state index contributed by atoms with van der Waals surface area (Å²) in [5, 5.41) is 4.21. The van der Waals surface area contributed by atoms with Gasteiger partial charge < -0.3 is 10.2 Å². The normalized spacial score (nSPS) is 15.0. The maximum Gasteiger partial charge on any atom is 0.251 e. The number of hydrogen-bond donors (Lipinski definition) is 1. The Hall–Kier alpha value is -2.44. The Morgan fingerprint density at radius 3 is 2.53 bits per heavy atom. The van der Waals surface area contributed by atoms with E-state index in [-0.39, 0.29) is 5.91 Å². The molecule has 0 radical (unpaired) electrons. The molecule has 2 aromatic carbocycles. The summed E-state index contributed by atoms with van der Waals surface area (Å²) in [6, 6.07) is 10.4. The van der Waals surface area contributed by atoms with Gasteiger partial charge in [0.05, 0.1) is 10.2 Å². The molecule has 1 aliphatic heterocycles. The minimum absolute atomic E-state index is 0.0231. The molecule has 0 bridgehead atoms. The van der Waals surface area contributed by atoms with Crippen LogP contribution in [0.5, 0.6) is 0 Å². The predicted octanol–water partition coefficient (Wildman–Crippen LogP) is 4.08. The van der Waals surface area contributed by atoms with E-state index in [9.17, 15) is 4.79 Å². The Kier molecular flexibility index (Phi) is 6.06. The van der Waals surface area contributed by atoms with E-state index in [0.717, 1.165) is 60.1 Å². The van der Waals surface area contributed by atoms with E-state index in [1.54, 1.807) is 11.3 Å². The molecule has 1 aliphatic rings. The van der Waals surface area contributed by atoms with Crippen LogP contribution in [-0.4, -0.2) is 55.1 Å². The zero-order chi connectivity index (χ0) is 21.3. The Balaban J connectivity index is 1.28. The molecule has 30 heavy (non-hydrogen) atoms. The molecule has 0 unspecified atom stereocenters. The number of hydrogen-bond acceptors (Lipinski definition) is 5. The molecule has 4 rings (SSSR count). The minimum atomic E-state index is 0.0231. The second-order valence-corrected chi connectivity index (χ2v) is 9.31. The number of anilines is 1. The van der Waals surface area contributed by atoms with Gasteiger partial charge in [-0.15, -0.1) is 0 Å². The van der Waals surface area contributed by atoms with E-state index >= 15 is 0 Å². The largest absolute Gasteiger partial charge is 0.351 e. The summed E-state index contributed by atoms with van der Waals surface area (Å²) in [5.74, 6) is 0.0231. The number of amides is 1. The topological polar surface area (TPSA) is 48.5 Å². The standard InChI is InChI=1S/C24H30N4OS/c1-16-5-6-18(3)20(14-16)23(29)25-7-8-27-9-11-28(12-10-27)24-26-21-15-17(2)13-19(4)22(21)30-24/h5-6,13-15H,7-12H2,1-4H3,(H,25,29). The fourth-order valence-corrected chi connectivity index (χ4v) is 5.13. The number of aryl methyl sites for hydroxylation is 4. The number of rotatable bonds is 5. The molecule has 1 amide bonds. The summed E-state index contributed by atoms with van der Waals surface area (Å²) in [6.07, 6.45) is 0. The summed E-state index contributed by atoms with van der Waals surface area (Å²) in [7, 11) is 0. The Morgan fingerprint density at radius 1 is 1.00 bits per heavy atom. The third-order valence-electron chi connectivity index (χ3n) is 5.80. The number of fused-ring (bicyclic) bond motifs is 1. The third kappa shape index (κ3) is 4.50. The third-order valence-corrected chi connectivity index (χ3v) is 7.07. The number of nitrogens with one attached hydrogen (secondary N) is 1. The van der Waals surface area contributed by atoms with Gasteiger partial charge in [0.25, 0.3) is 5.91 Å². The molecular formula is C24H30N4OS. The molecule has 3 aromatic rings. The first kappa shape index (κ1) is 20.8. The summed E-state index contributed by atoms with van der Waals surface area (Å²) < 4.78 is 1.30. The first-order valence-electron chi connectivity index (χ1n) is 10.6. The van der Waals surface area contributed by atoms with Crippen molar-refractivity contribution in [3.8, 4) is 0 Å². The molecule has 0 aliphatic carbocycles. The number of carbonyl (C=O) groups is 1. The highest BCUT2D eigenvalue weighted by Crippen LogP contribution is 2.32. The van der Waals surface area contributed by atoms with Gasteiger partial charge in [0.15, 0.2) is 5.13 Å². The fourth-order valence-electron chi connectivity index (χ4n) is 4.07. The maximum atomic E-state index is 12.5. The Bertz CT molecular complexity index is 1070. The SMILES string of the molecule is Cc1ccc(C)c(C(=O)NCCN2CCN(c3nc4cc(C)cc(C)c4s3)CC2)c1. The van der Waals surface area contributed by atoms with Gasteiger partial charge in [-0.2, -0.15) is 0 Å². The molecule has 158 valence electrons. The summed E-state index contributed by atoms with van der Waals surface area (Å²) in [5.41, 5.74) is 6.61. The summed E-state index contributed by atoms with van der Waals surface area (Å²) in [4.78, 5) is 22.2. The molecule has 1 fully saturated rings. The number of thiazole rings is 1. The molecule has 0 spiro atoms. The lowest BCUT2D eigenvalue weighted by atomic mass is 10.1. The lowest BCUT2D eigenvalue weighted by Gasteiger charge is -2.34. The molecule has 2 heterocycles. The zero-order valence-electron chi connectivity index (χ0n) is 18.3. The first-order valence-corrected chi connectivity index (χ1v) is 11.4. The smallest absolute Gasteiger partial charge is 0.251 e. The lowest BCUT2D eigenvalue weighted by Crippen LogP contribution is -2.48. The zero-order valence-corrected chi connectivity index (χ0v) is 19.1. The first-order chi connectivity index (χ1) is 14.4. The number of carbonyl (C=O) groups excluding carboxylic acids is 1. The summed E-state index contributed by atoms with van der Waals surface area (Å²) >= 11 is 1.80. The quantitative estimate of drug-likeness (QED) is 0.673.